The van der Waals surface area contributed by atoms with E-state index in [0.717, 1.165) is 0 Å². The topological polar surface area (TPSA) is 72.2 Å². The van der Waals surface area contributed by atoms with Crippen LogP contribution in [0.4, 0.5) is 0 Å². The van der Waals surface area contributed by atoms with Crippen molar-refractivity contribution in [1.29, 1.82) is 0 Å². The van der Waals surface area contributed by atoms with Crippen molar-refractivity contribution in [3.63, 3.8) is 0 Å². The van der Waals surface area contributed by atoms with E-state index in [1.165, 1.54) is 12.1 Å². The van der Waals surface area contributed by atoms with Gasteiger partial charge in [0, 0.05) is 0 Å². The molecule has 0 radical (unpaired) electrons. The number of benzene rings is 1. The minimum absolute atomic E-state index is 0.0568. The Labute approximate surface area is 107 Å². The molecule has 1 aromatic carbocycles. The summed E-state index contributed by atoms with van der Waals surface area (Å²) >= 11 is 16.2. The fourth-order valence-electron chi connectivity index (χ4n) is 1.09. The molecule has 0 spiro atoms. The predicted molar refractivity (Wildman–Crippen MR) is 62.7 cm³/mol. The second-order valence-corrected chi connectivity index (χ2v) is 5.14. The van der Waals surface area contributed by atoms with Crippen molar-refractivity contribution in [3.8, 4) is 0 Å². The molecule has 0 unspecified atom stereocenters. The molecule has 0 aliphatic heterocycles. The van der Waals surface area contributed by atoms with Gasteiger partial charge in [0.05, 0.1) is 11.1 Å². The number of halogens is 3. The van der Waals surface area contributed by atoms with Crippen LogP contribution in [-0.2, 0) is 0 Å². The van der Waals surface area contributed by atoms with Gasteiger partial charge in [0.15, 0.2) is 0 Å². The summed E-state index contributed by atoms with van der Waals surface area (Å²) in [6.07, 6.45) is 0. The summed E-state index contributed by atoms with van der Waals surface area (Å²) in [4.78, 5) is 22.6. The second-order valence-electron chi connectivity index (χ2n) is 2.86. The standard InChI is InChI=1S/C9H7Cl3N2O2/c10-9(11,12)14-8(16)6-4-2-1-3-5(6)7(13)15/h1-4H,(H2,13,15)(H,14,16). The summed E-state index contributed by atoms with van der Waals surface area (Å²) in [7, 11) is 0. The molecule has 3 N–H and O–H groups in total. The molecular weight excluding hydrogens is 274 g/mol. The van der Waals surface area contributed by atoms with Crippen molar-refractivity contribution in [2.45, 2.75) is 3.92 Å². The van der Waals surface area contributed by atoms with Crippen LogP contribution in [0.15, 0.2) is 24.3 Å². The molecule has 2 amide bonds. The average molecular weight is 282 g/mol. The van der Waals surface area contributed by atoms with E-state index in [2.05, 4.69) is 5.32 Å². The molecular formula is C9H7Cl3N2O2. The van der Waals surface area contributed by atoms with Crippen LogP contribution in [0.2, 0.25) is 0 Å². The highest BCUT2D eigenvalue weighted by atomic mass is 35.6. The molecule has 0 aromatic heterocycles. The monoisotopic (exact) mass is 280 g/mol. The summed E-state index contributed by atoms with van der Waals surface area (Å²) in [6, 6.07) is 5.97. The number of hydrogen-bond acceptors (Lipinski definition) is 2. The Morgan fingerprint density at radius 1 is 1.12 bits per heavy atom. The molecule has 1 aromatic rings. The summed E-state index contributed by atoms with van der Waals surface area (Å²) < 4.78 is -1.93. The van der Waals surface area contributed by atoms with Crippen LogP contribution in [0.1, 0.15) is 20.7 Å². The third-order valence-electron chi connectivity index (χ3n) is 1.69. The Morgan fingerprint density at radius 2 is 1.62 bits per heavy atom. The van der Waals surface area contributed by atoms with Crippen LogP contribution in [0, 0.1) is 0 Å². The molecule has 0 saturated carbocycles. The number of hydrogen-bond donors (Lipinski definition) is 2. The Morgan fingerprint density at radius 3 is 2.06 bits per heavy atom. The molecule has 1 rings (SSSR count). The Hall–Kier alpha value is -0.970. The first kappa shape index (κ1) is 13.1. The van der Waals surface area contributed by atoms with Crippen LogP contribution in [-0.4, -0.2) is 15.7 Å². The van der Waals surface area contributed by atoms with E-state index in [-0.39, 0.29) is 11.1 Å². The van der Waals surface area contributed by atoms with E-state index < -0.39 is 15.7 Å². The number of carbonyl (C=O) groups excluding carboxylic acids is 2. The molecule has 7 heteroatoms. The summed E-state index contributed by atoms with van der Waals surface area (Å²) in [5, 5.41) is 2.08. The smallest absolute Gasteiger partial charge is 0.268 e. The number of primary amides is 1. The van der Waals surface area contributed by atoms with Gasteiger partial charge in [-0.25, -0.2) is 0 Å². The highest BCUT2D eigenvalue weighted by Gasteiger charge is 2.24. The summed E-state index contributed by atoms with van der Waals surface area (Å²) in [6.45, 7) is 0. The zero-order chi connectivity index (χ0) is 12.3. The zero-order valence-corrected chi connectivity index (χ0v) is 10.1. The van der Waals surface area contributed by atoms with E-state index in [1.54, 1.807) is 12.1 Å². The molecule has 0 saturated heterocycles. The van der Waals surface area contributed by atoms with E-state index in [1.807, 2.05) is 0 Å². The lowest BCUT2D eigenvalue weighted by Gasteiger charge is -2.14. The van der Waals surface area contributed by atoms with Gasteiger partial charge >= 0.3 is 0 Å². The normalized spacial score (nSPS) is 10.9. The number of amides is 2. The lowest BCUT2D eigenvalue weighted by molar-refractivity contribution is 0.0935. The van der Waals surface area contributed by atoms with Gasteiger partial charge in [-0.1, -0.05) is 46.9 Å². The average Bonchev–Trinajstić information content (AvgIpc) is 2.15. The van der Waals surface area contributed by atoms with Gasteiger partial charge in [-0.05, 0) is 12.1 Å². The van der Waals surface area contributed by atoms with Crippen molar-refractivity contribution in [2.75, 3.05) is 0 Å². The molecule has 0 atom stereocenters. The van der Waals surface area contributed by atoms with Crippen LogP contribution >= 0.6 is 34.8 Å². The van der Waals surface area contributed by atoms with Gasteiger partial charge in [0.25, 0.3) is 9.82 Å². The van der Waals surface area contributed by atoms with Crippen LogP contribution in [0.3, 0.4) is 0 Å². The molecule has 4 nitrogen and oxygen atoms in total. The fraction of sp³-hybridized carbons (Fsp3) is 0.111. The third-order valence-corrected chi connectivity index (χ3v) is 1.98. The highest BCUT2D eigenvalue weighted by molar-refractivity contribution is 6.67. The first-order chi connectivity index (χ1) is 7.31. The molecule has 0 heterocycles. The van der Waals surface area contributed by atoms with Crippen LogP contribution < -0.4 is 11.1 Å². The lowest BCUT2D eigenvalue weighted by atomic mass is 10.1. The van der Waals surface area contributed by atoms with Gasteiger partial charge in [0.2, 0.25) is 5.91 Å². The lowest BCUT2D eigenvalue weighted by Crippen LogP contribution is -2.35. The van der Waals surface area contributed by atoms with E-state index in [9.17, 15) is 9.59 Å². The van der Waals surface area contributed by atoms with Crippen molar-refractivity contribution in [3.05, 3.63) is 35.4 Å². The predicted octanol–water partition coefficient (Wildman–Crippen LogP) is 1.84. The molecule has 0 bridgehead atoms. The van der Waals surface area contributed by atoms with Gasteiger partial charge in [-0.2, -0.15) is 0 Å². The first-order valence-corrected chi connectivity index (χ1v) is 5.23. The number of nitrogens with one attached hydrogen (secondary N) is 1. The van der Waals surface area contributed by atoms with Crippen LogP contribution in [0.5, 0.6) is 0 Å². The van der Waals surface area contributed by atoms with Gasteiger partial charge in [0.1, 0.15) is 0 Å². The maximum atomic E-state index is 11.6. The zero-order valence-electron chi connectivity index (χ0n) is 7.84. The SMILES string of the molecule is NC(=O)c1ccccc1C(=O)NC(Cl)(Cl)Cl. The number of alkyl halides is 3. The van der Waals surface area contributed by atoms with E-state index in [4.69, 9.17) is 40.5 Å². The molecule has 0 aliphatic carbocycles. The van der Waals surface area contributed by atoms with Crippen molar-refractivity contribution in [2.24, 2.45) is 5.73 Å². The summed E-state index contributed by atoms with van der Waals surface area (Å²) in [5.41, 5.74) is 5.22. The van der Waals surface area contributed by atoms with Gasteiger partial charge in [-0.15, -0.1) is 0 Å². The van der Waals surface area contributed by atoms with Crippen LogP contribution in [0.25, 0.3) is 0 Å². The molecule has 16 heavy (non-hydrogen) atoms. The fourth-order valence-corrected chi connectivity index (χ4v) is 1.35. The van der Waals surface area contributed by atoms with Crippen molar-refractivity contribution < 1.29 is 9.59 Å². The highest BCUT2D eigenvalue weighted by Crippen LogP contribution is 2.22. The molecule has 86 valence electrons. The van der Waals surface area contributed by atoms with E-state index >= 15 is 0 Å². The first-order valence-electron chi connectivity index (χ1n) is 4.09. The molecule has 0 aliphatic rings. The number of rotatable bonds is 2. The maximum absolute atomic E-state index is 11.6. The quantitative estimate of drug-likeness (QED) is 0.641. The third kappa shape index (κ3) is 3.56. The van der Waals surface area contributed by atoms with Gasteiger partial charge in [-0.3, -0.25) is 9.59 Å². The largest absolute Gasteiger partial charge is 0.366 e. The Bertz CT molecular complexity index is 429. The van der Waals surface area contributed by atoms with Crippen molar-refractivity contribution in [1.82, 2.24) is 5.32 Å². The summed E-state index contributed by atoms with van der Waals surface area (Å²) in [5.74, 6) is -1.41. The Balaban J connectivity index is 3.04. The van der Waals surface area contributed by atoms with Gasteiger partial charge < -0.3 is 11.1 Å². The Kier molecular flexibility index (Phi) is 4.02. The van der Waals surface area contributed by atoms with E-state index in [0.29, 0.717) is 0 Å². The molecule has 0 fully saturated rings. The minimum Gasteiger partial charge on any atom is -0.366 e. The minimum atomic E-state index is -1.93. The maximum Gasteiger partial charge on any atom is 0.268 e. The second kappa shape index (κ2) is 4.91. The number of nitrogens with two attached hydrogens (primary N) is 1. The number of carbonyl (C=O) groups is 2. The van der Waals surface area contributed by atoms with Crippen molar-refractivity contribution >= 4 is 46.6 Å².